The SMILES string of the molecule is CC(Cc1ccc2sc3c(ccc4c5cccc6c7ccc8c9ccccc9sc8c7n(c65)c43)c2c1)c1ccc2cc3c(cc2c1)c1cc2c(c4c5cc6cc(C(C)Cc7ccc8cc9c(cc8c7)c7cc8c(c%10c%11cc%12ccccc%12cc%11n9c7%10)C7(c9ccccc9-c9ccccc97)c7ccccc7-8)ccc6cc5n3c14)C1(c3ccccc3-c3ccccc31)c1ccccc1-2. The van der Waals surface area contributed by atoms with Gasteiger partial charge in [0.2, 0.25) is 0 Å². The van der Waals surface area contributed by atoms with Crippen LogP contribution in [0.4, 0.5) is 0 Å². The normalized spacial score (nSPS) is 14.6. The lowest BCUT2D eigenvalue weighted by Crippen LogP contribution is -2.26. The average Bonchev–Trinajstić information content (AvgIpc) is 1.48. The van der Waals surface area contributed by atoms with Gasteiger partial charge in [-0.3, -0.25) is 0 Å². The van der Waals surface area contributed by atoms with Crippen molar-refractivity contribution in [3.63, 3.8) is 0 Å². The van der Waals surface area contributed by atoms with Crippen molar-refractivity contribution in [3.05, 3.63) is 437 Å². The van der Waals surface area contributed by atoms with E-state index in [1.54, 1.807) is 0 Å². The molecule has 4 aliphatic carbocycles. The third kappa shape index (κ3) is 8.35. The summed E-state index contributed by atoms with van der Waals surface area (Å²) >= 11 is 3.90. The first kappa shape index (κ1) is 69.6. The van der Waals surface area contributed by atoms with Crippen molar-refractivity contribution in [2.45, 2.75) is 49.4 Å². The average molecular weight is 1690 g/mol. The van der Waals surface area contributed by atoms with Crippen LogP contribution in [0.15, 0.2) is 370 Å². The molecule has 0 amide bonds. The third-order valence-electron chi connectivity index (χ3n) is 32.6. The van der Waals surface area contributed by atoms with Crippen LogP contribution in [0.1, 0.15) is 92.4 Å². The van der Waals surface area contributed by atoms with Crippen LogP contribution >= 0.6 is 22.7 Å². The van der Waals surface area contributed by atoms with E-state index in [1.165, 1.54) is 309 Å². The summed E-state index contributed by atoms with van der Waals surface area (Å²) in [6, 6.07) is 145. The fourth-order valence-electron chi connectivity index (χ4n) is 27.3. The van der Waals surface area contributed by atoms with E-state index in [4.69, 9.17) is 0 Å². The van der Waals surface area contributed by atoms with Gasteiger partial charge in [-0.25, -0.2) is 0 Å². The zero-order chi connectivity index (χ0) is 84.8. The maximum atomic E-state index is 2.68. The minimum Gasteiger partial charge on any atom is -0.308 e. The second-order valence-electron chi connectivity index (χ2n) is 38.8. The summed E-state index contributed by atoms with van der Waals surface area (Å²) in [5.74, 6) is 0.500. The molecule has 29 aromatic rings. The first-order valence-corrected chi connectivity index (χ1v) is 48.1. The highest BCUT2D eigenvalue weighted by atomic mass is 32.1. The summed E-state index contributed by atoms with van der Waals surface area (Å²) in [4.78, 5) is 0. The molecule has 3 nitrogen and oxygen atoms in total. The highest BCUT2D eigenvalue weighted by Crippen LogP contribution is 2.69. The summed E-state index contributed by atoms with van der Waals surface area (Å²) in [7, 11) is 0. The van der Waals surface area contributed by atoms with Crippen LogP contribution in [0.5, 0.6) is 0 Å². The van der Waals surface area contributed by atoms with E-state index in [0.717, 1.165) is 12.8 Å². The molecule has 0 bridgehead atoms. The van der Waals surface area contributed by atoms with Crippen LogP contribution in [0, 0.1) is 0 Å². The molecule has 8 aromatic heterocycles. The van der Waals surface area contributed by atoms with Gasteiger partial charge in [0, 0.05) is 95.6 Å². The molecular weight excluding hydrogens is 1620 g/mol. The second-order valence-corrected chi connectivity index (χ2v) is 40.9. The van der Waals surface area contributed by atoms with E-state index in [2.05, 4.69) is 397 Å². The Hall–Kier alpha value is -15.5. The Kier molecular flexibility index (Phi) is 12.8. The number of hydrogen-bond donors (Lipinski definition) is 0. The zero-order valence-electron chi connectivity index (χ0n) is 71.4. The topological polar surface area (TPSA) is 13.2 Å². The standard InChI is InChI=1S/C126H73N3S2/c1-66(50-68-38-40-74-61-108-93(57-77(74)52-68)98-64-96-84-26-9-16-35-106(84)125(102-31-12-5-22-80(102)81-23-6-13-32-103(81)125)116(96)114-100-56-72-20-3-4-21-73(72)60-110(100)127(108)119(98)114)71-42-44-76-63-111-101(59-79(76)55-71)115-117-97(85-27-10-17-36-107(85)126(117)104-33-14-7-24-82(104)83-25-8-15-34-105(83)126)65-99-94-58-78-54-70(41-43-75(78)62-109(94)128(111)120(99)115)67(2)51-69-39-49-113-95(53-69)92-48-46-90-88-30-19-29-87-89-45-47-91-86-28-11-18-37-112(86)130-123(91)121(89)129(118(87)88)122(90)124(92)131-113/h3-49,52-67H,50-51H2,1-2H3. The summed E-state index contributed by atoms with van der Waals surface area (Å²) in [5, 5.41) is 31.4. The van der Waals surface area contributed by atoms with E-state index in [9.17, 15) is 0 Å². The quantitative estimate of drug-likeness (QED) is 0.157. The summed E-state index contributed by atoms with van der Waals surface area (Å²) < 4.78 is 13.4. The van der Waals surface area contributed by atoms with Gasteiger partial charge in [-0.2, -0.15) is 0 Å². The van der Waals surface area contributed by atoms with Gasteiger partial charge < -0.3 is 13.2 Å². The second kappa shape index (κ2) is 24.1. The molecule has 21 aromatic carbocycles. The molecule has 0 radical (unpaired) electrons. The lowest BCUT2D eigenvalue weighted by Gasteiger charge is -2.31. The molecule has 8 heterocycles. The number of rotatable bonds is 6. The highest BCUT2D eigenvalue weighted by molar-refractivity contribution is 7.27. The predicted molar refractivity (Wildman–Crippen MR) is 556 cm³/mol. The molecule has 0 saturated carbocycles. The number of fused-ring (bicyclic) bond motifs is 52. The number of aromatic nitrogens is 3. The Balaban J connectivity index is 0.517. The molecule has 0 N–H and O–H groups in total. The Morgan fingerprint density at radius 3 is 1.07 bits per heavy atom. The van der Waals surface area contributed by atoms with Crippen LogP contribution in [-0.4, -0.2) is 13.2 Å². The molecule has 0 fully saturated rings. The van der Waals surface area contributed by atoms with E-state index >= 15 is 0 Å². The van der Waals surface area contributed by atoms with E-state index in [-0.39, 0.29) is 11.8 Å². The number of nitrogens with zero attached hydrogens (tertiary/aromatic N) is 3. The van der Waals surface area contributed by atoms with Gasteiger partial charge in [0.25, 0.3) is 0 Å². The molecule has 5 heteroatoms. The van der Waals surface area contributed by atoms with Gasteiger partial charge in [0.15, 0.2) is 0 Å². The number of benzene rings is 21. The Labute approximate surface area is 758 Å². The molecule has 0 aliphatic heterocycles. The van der Waals surface area contributed by atoms with Crippen molar-refractivity contribution in [1.29, 1.82) is 0 Å². The van der Waals surface area contributed by atoms with Crippen molar-refractivity contribution in [1.82, 2.24) is 13.2 Å². The predicted octanol–water partition coefficient (Wildman–Crippen LogP) is 33.9. The highest BCUT2D eigenvalue weighted by Gasteiger charge is 2.55. The van der Waals surface area contributed by atoms with Crippen LogP contribution in [0.3, 0.4) is 0 Å². The van der Waals surface area contributed by atoms with Gasteiger partial charge in [-0.1, -0.05) is 305 Å². The Morgan fingerprint density at radius 2 is 0.573 bits per heavy atom. The summed E-state index contributed by atoms with van der Waals surface area (Å²) in [6.07, 6.45) is 1.83. The van der Waals surface area contributed by atoms with Crippen LogP contribution < -0.4 is 0 Å². The fraction of sp³-hybridized carbons (Fsp3) is 0.0635. The maximum absolute atomic E-state index is 2.68. The molecule has 2 atom stereocenters. The minimum absolute atomic E-state index is 0.231. The van der Waals surface area contributed by atoms with E-state index in [1.807, 2.05) is 22.7 Å². The third-order valence-corrected chi connectivity index (χ3v) is 35.0. The summed E-state index contributed by atoms with van der Waals surface area (Å²) in [6.45, 7) is 4.89. The van der Waals surface area contributed by atoms with E-state index < -0.39 is 10.8 Å². The van der Waals surface area contributed by atoms with Crippen LogP contribution in [0.2, 0.25) is 0 Å². The molecule has 131 heavy (non-hydrogen) atoms. The number of hydrogen-bond acceptors (Lipinski definition) is 2. The van der Waals surface area contributed by atoms with Gasteiger partial charge >= 0.3 is 0 Å². The van der Waals surface area contributed by atoms with Crippen molar-refractivity contribution in [2.75, 3.05) is 0 Å². The molecule has 0 saturated heterocycles. The minimum atomic E-state index is -0.549. The first-order chi connectivity index (χ1) is 64.7. The Morgan fingerprint density at radius 1 is 0.221 bits per heavy atom. The van der Waals surface area contributed by atoms with Crippen LogP contribution in [-0.2, 0) is 23.7 Å². The van der Waals surface area contributed by atoms with Gasteiger partial charge in [-0.05, 0) is 258 Å². The maximum Gasteiger partial charge on any atom is 0.0732 e. The monoisotopic (exact) mass is 1690 g/mol. The molecule has 33 rings (SSSR count). The lowest BCUT2D eigenvalue weighted by molar-refractivity contribution is 0.761. The summed E-state index contributed by atoms with van der Waals surface area (Å²) in [5.41, 5.74) is 37.7. The van der Waals surface area contributed by atoms with Crippen LogP contribution in [0.25, 0.3) is 242 Å². The molecule has 2 unspecified atom stereocenters. The van der Waals surface area contributed by atoms with E-state index in [0.29, 0.717) is 0 Å². The van der Waals surface area contributed by atoms with Crippen molar-refractivity contribution >= 4 is 220 Å². The number of thiophene rings is 2. The molecular formula is C126H73N3S2. The smallest absolute Gasteiger partial charge is 0.0732 e. The van der Waals surface area contributed by atoms with Crippen molar-refractivity contribution in [2.24, 2.45) is 0 Å². The Bertz CT molecular complexity index is 10300. The fourth-order valence-corrected chi connectivity index (χ4v) is 29.7. The van der Waals surface area contributed by atoms with Crippen molar-refractivity contribution < 1.29 is 0 Å². The van der Waals surface area contributed by atoms with Gasteiger partial charge in [0.1, 0.15) is 0 Å². The lowest BCUT2D eigenvalue weighted by atomic mass is 9.69. The largest absolute Gasteiger partial charge is 0.308 e. The molecule has 2 spiro atoms. The van der Waals surface area contributed by atoms with Gasteiger partial charge in [-0.15, -0.1) is 22.7 Å². The first-order valence-electron chi connectivity index (χ1n) is 46.5. The van der Waals surface area contributed by atoms with Crippen molar-refractivity contribution in [3.8, 4) is 44.5 Å². The zero-order valence-corrected chi connectivity index (χ0v) is 73.1. The number of para-hydroxylation sites is 1. The molecule has 4 aliphatic rings. The van der Waals surface area contributed by atoms with Gasteiger partial charge in [0.05, 0.1) is 69.9 Å². The molecule has 604 valence electrons.